The average Bonchev–Trinajstić information content (AvgIpc) is 3.14. The first-order valence-electron chi connectivity index (χ1n) is 10.7. The van der Waals surface area contributed by atoms with Crippen molar-refractivity contribution in [2.24, 2.45) is 5.41 Å². The van der Waals surface area contributed by atoms with Crippen LogP contribution >= 0.6 is 0 Å². The number of rotatable bonds is 2. The number of fused-ring (bicyclic) bond motifs is 5. The molecule has 8 heteroatoms. The number of nitrogens with zero attached hydrogens (tertiary/aromatic N) is 3. The van der Waals surface area contributed by atoms with E-state index in [9.17, 15) is 13.6 Å². The Hall–Kier alpha value is -2.61. The number of benzene rings is 1. The number of hydrogen-bond donors (Lipinski definition) is 1. The Morgan fingerprint density at radius 3 is 2.71 bits per heavy atom. The zero-order chi connectivity index (χ0) is 22.0. The van der Waals surface area contributed by atoms with Crippen molar-refractivity contribution in [2.75, 3.05) is 26.7 Å². The van der Waals surface area contributed by atoms with Gasteiger partial charge in [0.1, 0.15) is 11.6 Å². The number of carbonyl (C=O) groups excluding carboxylic acids is 1. The van der Waals surface area contributed by atoms with E-state index in [1.807, 2.05) is 0 Å². The maximum atomic E-state index is 14.4. The zero-order valence-electron chi connectivity index (χ0n) is 17.9. The molecular formula is C23H26F2N4O2. The van der Waals surface area contributed by atoms with Crippen LogP contribution in [0.25, 0.3) is 11.3 Å². The van der Waals surface area contributed by atoms with Gasteiger partial charge in [-0.2, -0.15) is 10.2 Å². The van der Waals surface area contributed by atoms with Crippen molar-refractivity contribution < 1.29 is 18.3 Å². The van der Waals surface area contributed by atoms with Crippen molar-refractivity contribution in [3.8, 4) is 11.3 Å². The van der Waals surface area contributed by atoms with E-state index < -0.39 is 17.0 Å². The van der Waals surface area contributed by atoms with E-state index in [4.69, 9.17) is 4.74 Å². The Labute approximate surface area is 180 Å². The van der Waals surface area contributed by atoms with Crippen molar-refractivity contribution in [1.82, 2.24) is 20.4 Å². The van der Waals surface area contributed by atoms with Gasteiger partial charge in [-0.15, -0.1) is 0 Å². The molecule has 1 aliphatic heterocycles. The van der Waals surface area contributed by atoms with Crippen LogP contribution in [0.3, 0.4) is 0 Å². The first-order valence-corrected chi connectivity index (χ1v) is 10.7. The van der Waals surface area contributed by atoms with E-state index in [0.717, 1.165) is 24.1 Å². The Bertz CT molecular complexity index is 1040. The maximum absolute atomic E-state index is 14.4. The second-order valence-corrected chi connectivity index (χ2v) is 9.28. The molecule has 164 valence electrons. The highest BCUT2D eigenvalue weighted by molar-refractivity contribution is 5.74. The smallest absolute Gasteiger partial charge is 0.317 e. The van der Waals surface area contributed by atoms with Gasteiger partial charge in [-0.05, 0) is 47.9 Å². The number of morpholine rings is 1. The molecule has 2 amide bonds. The van der Waals surface area contributed by atoms with Gasteiger partial charge in [-0.25, -0.2) is 13.6 Å². The molecule has 1 N–H and O–H groups in total. The second kappa shape index (κ2) is 6.95. The molecule has 2 aromatic rings. The molecule has 0 unspecified atom stereocenters. The van der Waals surface area contributed by atoms with Crippen LogP contribution in [-0.4, -0.2) is 54.0 Å². The Morgan fingerprint density at radius 2 is 2.00 bits per heavy atom. The van der Waals surface area contributed by atoms with E-state index in [2.05, 4.69) is 29.4 Å². The number of aromatic nitrogens is 2. The highest BCUT2D eigenvalue weighted by atomic mass is 19.1. The van der Waals surface area contributed by atoms with Crippen LogP contribution in [0.5, 0.6) is 0 Å². The number of hydrogen-bond acceptors (Lipinski definition) is 4. The SMILES string of the molecule is CNC(=O)N1CCO[C@@H]([C@@]23CC[C@@H](c4cc(-c5c(F)cccc5F)nnc42)C3(C)C)C1. The summed E-state index contributed by atoms with van der Waals surface area (Å²) in [5.41, 5.74) is 1.31. The van der Waals surface area contributed by atoms with Crippen LogP contribution in [-0.2, 0) is 10.2 Å². The van der Waals surface area contributed by atoms with E-state index in [0.29, 0.717) is 19.7 Å². The lowest BCUT2D eigenvalue weighted by Crippen LogP contribution is -2.58. The van der Waals surface area contributed by atoms with Gasteiger partial charge in [0.15, 0.2) is 0 Å². The van der Waals surface area contributed by atoms with Crippen LogP contribution < -0.4 is 5.32 Å². The fraction of sp³-hybridized carbons (Fsp3) is 0.522. The second-order valence-electron chi connectivity index (χ2n) is 9.28. The molecule has 1 saturated carbocycles. The summed E-state index contributed by atoms with van der Waals surface area (Å²) in [5.74, 6) is -1.11. The zero-order valence-corrected chi connectivity index (χ0v) is 17.9. The van der Waals surface area contributed by atoms with E-state index in [1.165, 1.54) is 18.2 Å². The highest BCUT2D eigenvalue weighted by Crippen LogP contribution is 2.69. The number of carbonyl (C=O) groups is 1. The topological polar surface area (TPSA) is 67.4 Å². The van der Waals surface area contributed by atoms with Crippen molar-refractivity contribution in [3.05, 3.63) is 47.2 Å². The first kappa shape index (κ1) is 20.3. The molecule has 0 radical (unpaired) electrons. The predicted molar refractivity (Wildman–Crippen MR) is 111 cm³/mol. The molecule has 3 atom stereocenters. The molecule has 6 nitrogen and oxygen atoms in total. The third-order valence-electron chi connectivity index (χ3n) is 7.81. The van der Waals surface area contributed by atoms with Gasteiger partial charge in [0, 0.05) is 25.6 Å². The van der Waals surface area contributed by atoms with Gasteiger partial charge in [0.2, 0.25) is 0 Å². The minimum Gasteiger partial charge on any atom is -0.374 e. The summed E-state index contributed by atoms with van der Waals surface area (Å²) < 4.78 is 35.0. The monoisotopic (exact) mass is 428 g/mol. The molecule has 2 bridgehead atoms. The van der Waals surface area contributed by atoms with Crippen molar-refractivity contribution in [1.29, 1.82) is 0 Å². The average molecular weight is 428 g/mol. The van der Waals surface area contributed by atoms with Gasteiger partial charge in [-0.1, -0.05) is 19.9 Å². The molecule has 3 aliphatic rings. The molecule has 5 rings (SSSR count). The van der Waals surface area contributed by atoms with Gasteiger partial charge < -0.3 is 15.0 Å². The normalized spacial score (nSPS) is 28.5. The van der Waals surface area contributed by atoms with E-state index in [1.54, 1.807) is 18.0 Å². The largest absolute Gasteiger partial charge is 0.374 e. The quantitative estimate of drug-likeness (QED) is 0.794. The fourth-order valence-corrected chi connectivity index (χ4v) is 6.24. The summed E-state index contributed by atoms with van der Waals surface area (Å²) in [5, 5.41) is 11.5. The van der Waals surface area contributed by atoms with Crippen LogP contribution in [0.1, 0.15) is 43.9 Å². The van der Waals surface area contributed by atoms with Crippen molar-refractivity contribution in [2.45, 2.75) is 44.1 Å². The van der Waals surface area contributed by atoms with Gasteiger partial charge in [0.05, 0.1) is 29.7 Å². The van der Waals surface area contributed by atoms with Crippen LogP contribution in [0.15, 0.2) is 24.3 Å². The van der Waals surface area contributed by atoms with Gasteiger partial charge >= 0.3 is 6.03 Å². The third-order valence-corrected chi connectivity index (χ3v) is 7.81. The standard InChI is InChI=1S/C23H26F2N4O2/c1-22(2)14-7-8-23(22,18-12-29(9-10-31-18)21(30)26-3)20-13(14)11-17(27-28-20)19-15(24)5-4-6-16(19)25/h4-6,11,14,18H,7-10,12H2,1-3H3,(H,26,30)/t14-,18+,23-/m0/s1. The summed E-state index contributed by atoms with van der Waals surface area (Å²) in [6, 6.07) is 5.48. The minimum atomic E-state index is -0.650. The Morgan fingerprint density at radius 1 is 1.26 bits per heavy atom. The predicted octanol–water partition coefficient (Wildman–Crippen LogP) is 3.62. The number of amides is 2. The molecule has 0 spiro atoms. The molecule has 31 heavy (non-hydrogen) atoms. The molecule has 1 aromatic carbocycles. The molecule has 2 heterocycles. The molecule has 1 saturated heterocycles. The van der Waals surface area contributed by atoms with Gasteiger partial charge in [-0.3, -0.25) is 0 Å². The summed E-state index contributed by atoms with van der Waals surface area (Å²) in [6.07, 6.45) is 1.60. The van der Waals surface area contributed by atoms with Crippen molar-refractivity contribution >= 4 is 6.03 Å². The lowest BCUT2D eigenvalue weighted by molar-refractivity contribution is -0.0817. The Balaban J connectivity index is 1.60. The summed E-state index contributed by atoms with van der Waals surface area (Å²) >= 11 is 0. The Kier molecular flexibility index (Phi) is 4.55. The molecular weight excluding hydrogens is 402 g/mol. The highest BCUT2D eigenvalue weighted by Gasteiger charge is 2.67. The number of halogens is 2. The third kappa shape index (κ3) is 2.67. The molecule has 1 aromatic heterocycles. The van der Waals surface area contributed by atoms with Crippen molar-refractivity contribution in [3.63, 3.8) is 0 Å². The molecule has 2 aliphatic carbocycles. The van der Waals surface area contributed by atoms with Gasteiger partial charge in [0.25, 0.3) is 0 Å². The van der Waals surface area contributed by atoms with Crippen LogP contribution in [0.4, 0.5) is 13.6 Å². The minimum absolute atomic E-state index is 0.119. The van der Waals surface area contributed by atoms with E-state index >= 15 is 0 Å². The number of nitrogens with one attached hydrogen (secondary N) is 1. The fourth-order valence-electron chi connectivity index (χ4n) is 6.24. The maximum Gasteiger partial charge on any atom is 0.317 e. The number of urea groups is 1. The summed E-state index contributed by atoms with van der Waals surface area (Å²) in [4.78, 5) is 14.0. The molecule has 2 fully saturated rings. The van der Waals surface area contributed by atoms with Crippen LogP contribution in [0, 0.1) is 17.0 Å². The number of ether oxygens (including phenoxy) is 1. The first-order chi connectivity index (χ1) is 14.8. The van der Waals surface area contributed by atoms with E-state index in [-0.39, 0.29) is 34.7 Å². The lowest BCUT2D eigenvalue weighted by atomic mass is 9.64. The van der Waals surface area contributed by atoms with Crippen LogP contribution in [0.2, 0.25) is 0 Å². The lowest BCUT2D eigenvalue weighted by Gasteiger charge is -2.47. The summed E-state index contributed by atoms with van der Waals surface area (Å²) in [7, 11) is 1.63. The summed E-state index contributed by atoms with van der Waals surface area (Å²) in [6.45, 7) is 5.89.